The van der Waals surface area contributed by atoms with Crippen LogP contribution >= 0.6 is 0 Å². The van der Waals surface area contributed by atoms with Crippen LogP contribution in [0.15, 0.2) is 40.1 Å². The van der Waals surface area contributed by atoms with E-state index >= 15 is 0 Å². The predicted octanol–water partition coefficient (Wildman–Crippen LogP) is 0.239. The molecule has 2 aromatic heterocycles. The monoisotopic (exact) mass is 300 g/mol. The average Bonchev–Trinajstić information content (AvgIpc) is 3.33. The van der Waals surface area contributed by atoms with Crippen molar-refractivity contribution in [2.75, 3.05) is 6.54 Å². The van der Waals surface area contributed by atoms with Gasteiger partial charge in [-0.15, -0.1) is 0 Å². The zero-order valence-corrected chi connectivity index (χ0v) is 11.9. The van der Waals surface area contributed by atoms with Crippen LogP contribution in [0.1, 0.15) is 35.1 Å². The minimum atomic E-state index is -0.406. The summed E-state index contributed by atoms with van der Waals surface area (Å²) >= 11 is 0. The molecule has 1 saturated carbocycles. The third-order valence-electron chi connectivity index (χ3n) is 3.49. The number of aromatic nitrogens is 3. The lowest BCUT2D eigenvalue weighted by atomic mass is 10.3. The van der Waals surface area contributed by atoms with Gasteiger partial charge in [-0.05, 0) is 18.9 Å². The number of aromatic amines is 1. The van der Waals surface area contributed by atoms with Crippen molar-refractivity contribution in [3.63, 3.8) is 0 Å². The van der Waals surface area contributed by atoms with Crippen molar-refractivity contribution in [3.8, 4) is 0 Å². The maximum atomic E-state index is 12.1. The van der Waals surface area contributed by atoms with Gasteiger partial charge in [0.05, 0.1) is 0 Å². The molecule has 1 fully saturated rings. The Balaban J connectivity index is 1.64. The molecule has 0 saturated heterocycles. The number of carbonyl (C=O) groups is 1. The number of nitrogens with one attached hydrogen (secondary N) is 2. The van der Waals surface area contributed by atoms with E-state index in [1.54, 1.807) is 18.3 Å². The molecule has 7 heteroatoms. The molecule has 2 heterocycles. The number of carbonyl (C=O) groups excluding carboxylic acids is 1. The summed E-state index contributed by atoms with van der Waals surface area (Å²) in [6.07, 6.45) is 3.64. The van der Waals surface area contributed by atoms with E-state index in [1.807, 2.05) is 0 Å². The summed E-state index contributed by atoms with van der Waals surface area (Å²) in [6, 6.07) is 6.07. The van der Waals surface area contributed by atoms with Crippen molar-refractivity contribution >= 4 is 5.91 Å². The van der Waals surface area contributed by atoms with Crippen LogP contribution in [0, 0.1) is 0 Å². The van der Waals surface area contributed by atoms with E-state index in [1.165, 1.54) is 16.7 Å². The first-order chi connectivity index (χ1) is 10.6. The smallest absolute Gasteiger partial charge is 0.270 e. The van der Waals surface area contributed by atoms with Crippen LogP contribution in [-0.4, -0.2) is 27.0 Å². The molecule has 0 spiro atoms. The second-order valence-corrected chi connectivity index (χ2v) is 5.28. The van der Waals surface area contributed by atoms with Crippen molar-refractivity contribution in [1.29, 1.82) is 0 Å². The maximum absolute atomic E-state index is 12.1. The van der Waals surface area contributed by atoms with Gasteiger partial charge in [0.2, 0.25) is 0 Å². The van der Waals surface area contributed by atoms with E-state index in [9.17, 15) is 14.4 Å². The van der Waals surface area contributed by atoms with Crippen LogP contribution in [0.2, 0.25) is 0 Å². The van der Waals surface area contributed by atoms with Crippen molar-refractivity contribution in [2.45, 2.75) is 25.3 Å². The molecule has 2 N–H and O–H groups in total. The van der Waals surface area contributed by atoms with Gasteiger partial charge in [-0.25, -0.2) is 4.98 Å². The minimum Gasteiger partial charge on any atom is -0.349 e. The van der Waals surface area contributed by atoms with Gasteiger partial charge in [-0.2, -0.15) is 0 Å². The van der Waals surface area contributed by atoms with E-state index in [0.717, 1.165) is 12.8 Å². The van der Waals surface area contributed by atoms with Gasteiger partial charge in [0.1, 0.15) is 11.5 Å². The third kappa shape index (κ3) is 3.30. The fourth-order valence-corrected chi connectivity index (χ4v) is 2.17. The van der Waals surface area contributed by atoms with Gasteiger partial charge in [0.15, 0.2) is 0 Å². The lowest BCUT2D eigenvalue weighted by Gasteiger charge is -2.07. The number of H-pyrrole nitrogens is 1. The Kier molecular flexibility index (Phi) is 3.86. The van der Waals surface area contributed by atoms with Crippen LogP contribution in [0.25, 0.3) is 0 Å². The Morgan fingerprint density at radius 1 is 1.36 bits per heavy atom. The van der Waals surface area contributed by atoms with Crippen LogP contribution in [0.4, 0.5) is 0 Å². The lowest BCUT2D eigenvalue weighted by Crippen LogP contribution is -2.31. The number of rotatable bonds is 5. The Morgan fingerprint density at radius 2 is 2.18 bits per heavy atom. The summed E-state index contributed by atoms with van der Waals surface area (Å²) in [7, 11) is 0. The van der Waals surface area contributed by atoms with Gasteiger partial charge in [0, 0.05) is 37.3 Å². The van der Waals surface area contributed by atoms with Crippen LogP contribution in [0.3, 0.4) is 0 Å². The molecule has 3 rings (SSSR count). The lowest BCUT2D eigenvalue weighted by molar-refractivity contribution is 0.0946. The van der Waals surface area contributed by atoms with Gasteiger partial charge >= 0.3 is 0 Å². The quantitative estimate of drug-likeness (QED) is 0.826. The van der Waals surface area contributed by atoms with Gasteiger partial charge in [-0.3, -0.25) is 14.4 Å². The van der Waals surface area contributed by atoms with E-state index < -0.39 is 5.91 Å². The Bertz CT molecular complexity index is 805. The van der Waals surface area contributed by atoms with Crippen molar-refractivity contribution in [3.05, 3.63) is 62.7 Å². The molecule has 0 aliphatic heterocycles. The SMILES string of the molecule is O=C(NCCn1ccccc1=O)c1cc(=O)[nH]c(C2CC2)n1. The van der Waals surface area contributed by atoms with Crippen LogP contribution in [-0.2, 0) is 6.54 Å². The normalized spacial score (nSPS) is 13.8. The van der Waals surface area contributed by atoms with Crippen LogP contribution in [0.5, 0.6) is 0 Å². The zero-order chi connectivity index (χ0) is 15.5. The molecule has 0 bridgehead atoms. The topological polar surface area (TPSA) is 96.9 Å². The highest BCUT2D eigenvalue weighted by atomic mass is 16.2. The zero-order valence-electron chi connectivity index (χ0n) is 11.9. The fourth-order valence-electron chi connectivity index (χ4n) is 2.17. The second kappa shape index (κ2) is 5.97. The summed E-state index contributed by atoms with van der Waals surface area (Å²) < 4.78 is 1.50. The number of amides is 1. The van der Waals surface area contributed by atoms with Crippen molar-refractivity contribution in [2.24, 2.45) is 0 Å². The highest BCUT2D eigenvalue weighted by Crippen LogP contribution is 2.37. The largest absolute Gasteiger partial charge is 0.349 e. The number of pyridine rings is 1. The molecule has 1 aliphatic carbocycles. The third-order valence-corrected chi connectivity index (χ3v) is 3.49. The number of hydrogen-bond acceptors (Lipinski definition) is 4. The molecule has 0 unspecified atom stereocenters. The first-order valence-corrected chi connectivity index (χ1v) is 7.18. The molecule has 0 aromatic carbocycles. The molecule has 114 valence electrons. The molecule has 0 atom stereocenters. The Hall–Kier alpha value is -2.70. The maximum Gasteiger partial charge on any atom is 0.270 e. The molecule has 7 nitrogen and oxygen atoms in total. The summed E-state index contributed by atoms with van der Waals surface area (Å²) in [6.45, 7) is 0.653. The molecule has 0 radical (unpaired) electrons. The first-order valence-electron chi connectivity index (χ1n) is 7.18. The first kappa shape index (κ1) is 14.2. The van der Waals surface area contributed by atoms with Crippen LogP contribution < -0.4 is 16.4 Å². The Labute approximate surface area is 126 Å². The Morgan fingerprint density at radius 3 is 2.91 bits per heavy atom. The molecular formula is C15H16N4O3. The summed E-state index contributed by atoms with van der Waals surface area (Å²) in [5.74, 6) is 0.442. The van der Waals surface area contributed by atoms with Gasteiger partial charge in [0.25, 0.3) is 17.0 Å². The van der Waals surface area contributed by atoms with Crippen molar-refractivity contribution < 1.29 is 4.79 Å². The summed E-state index contributed by atoms with van der Waals surface area (Å²) in [5, 5.41) is 2.67. The molecule has 2 aromatic rings. The number of nitrogens with zero attached hydrogens (tertiary/aromatic N) is 2. The standard InChI is InChI=1S/C15H16N4O3/c20-12-9-11(17-14(18-12)10-4-5-10)15(22)16-6-8-19-7-2-1-3-13(19)21/h1-3,7,9-10H,4-6,8H2,(H,16,22)(H,17,18,20). The van der Waals surface area contributed by atoms with E-state index in [0.29, 0.717) is 12.4 Å². The molecular weight excluding hydrogens is 284 g/mol. The van der Waals surface area contributed by atoms with E-state index in [4.69, 9.17) is 0 Å². The summed E-state index contributed by atoms with van der Waals surface area (Å²) in [5.41, 5.74) is -0.325. The molecule has 1 aliphatic rings. The van der Waals surface area contributed by atoms with E-state index in [-0.39, 0.29) is 29.3 Å². The predicted molar refractivity (Wildman–Crippen MR) is 79.9 cm³/mol. The fraction of sp³-hybridized carbons (Fsp3) is 0.333. The van der Waals surface area contributed by atoms with Crippen molar-refractivity contribution in [1.82, 2.24) is 19.9 Å². The number of hydrogen-bond donors (Lipinski definition) is 2. The highest BCUT2D eigenvalue weighted by Gasteiger charge is 2.27. The highest BCUT2D eigenvalue weighted by molar-refractivity contribution is 5.92. The minimum absolute atomic E-state index is 0.117. The van der Waals surface area contributed by atoms with Gasteiger partial charge < -0.3 is 14.9 Å². The second-order valence-electron chi connectivity index (χ2n) is 5.28. The molecule has 22 heavy (non-hydrogen) atoms. The molecule has 1 amide bonds. The summed E-state index contributed by atoms with van der Waals surface area (Å²) in [4.78, 5) is 42.0. The van der Waals surface area contributed by atoms with E-state index in [2.05, 4.69) is 15.3 Å². The van der Waals surface area contributed by atoms with Gasteiger partial charge in [-0.1, -0.05) is 6.07 Å². The average molecular weight is 300 g/mol.